The van der Waals surface area contributed by atoms with Crippen LogP contribution in [0.4, 0.5) is 0 Å². The van der Waals surface area contributed by atoms with Crippen molar-refractivity contribution in [3.05, 3.63) is 0 Å². The highest BCUT2D eigenvalue weighted by Gasteiger charge is 2.26. The molecule has 1 aliphatic rings. The van der Waals surface area contributed by atoms with E-state index in [2.05, 4.69) is 18.8 Å². The van der Waals surface area contributed by atoms with E-state index in [1.807, 2.05) is 13.8 Å². The van der Waals surface area contributed by atoms with Crippen molar-refractivity contribution in [2.24, 2.45) is 10.9 Å². The zero-order valence-electron chi connectivity index (χ0n) is 9.11. The summed E-state index contributed by atoms with van der Waals surface area (Å²) in [6, 6.07) is 0. The van der Waals surface area contributed by atoms with E-state index < -0.39 is 0 Å². The Bertz CT molecular complexity index is 249. The molecule has 0 amide bonds. The third-order valence-electron chi connectivity index (χ3n) is 1.82. The van der Waals surface area contributed by atoms with Crippen LogP contribution in [0.15, 0.2) is 4.99 Å². The van der Waals surface area contributed by atoms with Crippen LogP contribution in [0.5, 0.6) is 0 Å². The van der Waals surface area contributed by atoms with E-state index >= 15 is 0 Å². The minimum atomic E-state index is -0.254. The van der Waals surface area contributed by atoms with Gasteiger partial charge in [0, 0.05) is 5.75 Å². The zero-order valence-corrected chi connectivity index (χ0v) is 9.93. The molecule has 0 radical (unpaired) electrons. The Labute approximate surface area is 89.3 Å². The number of esters is 1. The van der Waals surface area contributed by atoms with Crippen LogP contribution < -0.4 is 0 Å². The van der Waals surface area contributed by atoms with Crippen LogP contribution in [0.25, 0.3) is 0 Å². The van der Waals surface area contributed by atoms with Gasteiger partial charge in [-0.2, -0.15) is 0 Å². The molecule has 0 bridgehead atoms. The average Bonchev–Trinajstić information content (AvgIpc) is 2.50. The van der Waals surface area contributed by atoms with E-state index in [0.29, 0.717) is 17.4 Å². The summed E-state index contributed by atoms with van der Waals surface area (Å²) in [4.78, 5) is 15.8. The van der Waals surface area contributed by atoms with Gasteiger partial charge in [0.05, 0.1) is 11.5 Å². The van der Waals surface area contributed by atoms with E-state index in [1.54, 1.807) is 11.8 Å². The molecule has 0 aliphatic carbocycles. The molecular formula is C10H17NO2S. The highest BCUT2D eigenvalue weighted by Crippen LogP contribution is 2.27. The molecule has 1 aliphatic heterocycles. The normalized spacial score (nSPS) is 21.6. The van der Waals surface area contributed by atoms with Crippen LogP contribution in [-0.4, -0.2) is 28.9 Å². The van der Waals surface area contributed by atoms with Gasteiger partial charge in [-0.05, 0) is 19.8 Å². The maximum atomic E-state index is 11.5. The number of carbonyl (C=O) groups excluding carboxylic acids is 1. The molecule has 14 heavy (non-hydrogen) atoms. The molecule has 80 valence electrons. The van der Waals surface area contributed by atoms with Gasteiger partial charge in [0.2, 0.25) is 0 Å². The number of thioether (sulfide) groups is 1. The fraction of sp³-hybridized carbons (Fsp3) is 0.800. The predicted molar refractivity (Wildman–Crippen MR) is 59.7 cm³/mol. The molecule has 3 nitrogen and oxygen atoms in total. The molecule has 0 aromatic heterocycles. The third-order valence-corrected chi connectivity index (χ3v) is 3.25. The summed E-state index contributed by atoms with van der Waals surface area (Å²) >= 11 is 1.71. The fourth-order valence-electron chi connectivity index (χ4n) is 1.13. The number of rotatable bonds is 3. The highest BCUT2D eigenvalue weighted by molar-refractivity contribution is 8.01. The zero-order chi connectivity index (χ0) is 10.7. The Balaban J connectivity index is 2.54. The maximum Gasteiger partial charge on any atom is 0.353 e. The second kappa shape index (κ2) is 4.82. The van der Waals surface area contributed by atoms with Gasteiger partial charge in [0.25, 0.3) is 0 Å². The molecule has 0 aromatic rings. The first-order valence-corrected chi connectivity index (χ1v) is 5.95. The first-order chi connectivity index (χ1) is 6.50. The number of hydrogen-bond donors (Lipinski definition) is 0. The molecule has 1 heterocycles. The molecule has 1 atom stereocenters. The van der Waals surface area contributed by atoms with Crippen molar-refractivity contribution in [2.45, 2.75) is 39.2 Å². The Kier molecular flexibility index (Phi) is 3.98. The van der Waals surface area contributed by atoms with Gasteiger partial charge in [-0.25, -0.2) is 4.79 Å². The monoisotopic (exact) mass is 215 g/mol. The van der Waals surface area contributed by atoms with Gasteiger partial charge in [0.15, 0.2) is 0 Å². The number of aliphatic imine (C=N–C) groups is 1. The third kappa shape index (κ3) is 3.01. The minimum absolute atomic E-state index is 0.0618. The first-order valence-electron chi connectivity index (χ1n) is 4.90. The van der Waals surface area contributed by atoms with Crippen molar-refractivity contribution < 1.29 is 9.53 Å². The first kappa shape index (κ1) is 11.6. The quantitative estimate of drug-likeness (QED) is 0.677. The molecule has 0 N–H and O–H groups in total. The molecular weight excluding hydrogens is 198 g/mol. The summed E-state index contributed by atoms with van der Waals surface area (Å²) in [5.74, 6) is 0.911. The lowest BCUT2D eigenvalue weighted by atomic mass is 10.2. The van der Waals surface area contributed by atoms with Crippen molar-refractivity contribution in [1.29, 1.82) is 0 Å². The van der Waals surface area contributed by atoms with E-state index in [9.17, 15) is 4.79 Å². The van der Waals surface area contributed by atoms with Gasteiger partial charge >= 0.3 is 5.97 Å². The Morgan fingerprint density at radius 2 is 2.14 bits per heavy atom. The predicted octanol–water partition coefficient (Wildman–Crippen LogP) is 2.11. The fourth-order valence-corrected chi connectivity index (χ4v) is 2.24. The van der Waals surface area contributed by atoms with Crippen LogP contribution in [0, 0.1) is 5.92 Å². The van der Waals surface area contributed by atoms with Crippen LogP contribution in [0.3, 0.4) is 0 Å². The van der Waals surface area contributed by atoms with E-state index in [4.69, 9.17) is 4.74 Å². The summed E-state index contributed by atoms with van der Waals surface area (Å²) in [7, 11) is 0. The Morgan fingerprint density at radius 1 is 1.50 bits per heavy atom. The van der Waals surface area contributed by atoms with E-state index in [-0.39, 0.29) is 17.4 Å². The van der Waals surface area contributed by atoms with Crippen molar-refractivity contribution in [2.75, 3.05) is 5.75 Å². The maximum absolute atomic E-state index is 11.5. The summed E-state index contributed by atoms with van der Waals surface area (Å²) in [6.07, 6.45) is -0.0618. The molecule has 0 unspecified atom stereocenters. The van der Waals surface area contributed by atoms with Crippen molar-refractivity contribution in [3.8, 4) is 0 Å². The lowest BCUT2D eigenvalue weighted by Crippen LogP contribution is -2.21. The molecule has 0 aromatic carbocycles. The number of nitrogens with zero attached hydrogens (tertiary/aromatic N) is 1. The molecule has 0 fully saturated rings. The summed E-state index contributed by atoms with van der Waals surface area (Å²) in [6.45, 7) is 7.91. The lowest BCUT2D eigenvalue weighted by Gasteiger charge is -2.08. The van der Waals surface area contributed by atoms with Crippen molar-refractivity contribution in [1.82, 2.24) is 0 Å². The van der Waals surface area contributed by atoms with Gasteiger partial charge in [0.1, 0.15) is 5.71 Å². The summed E-state index contributed by atoms with van der Waals surface area (Å²) < 4.78 is 5.08. The van der Waals surface area contributed by atoms with Crippen LogP contribution in [0.2, 0.25) is 0 Å². The standard InChI is InChI=1S/C10H17NO2S/c1-6(2)9-11-8(5-14-9)10(12)13-7(3)4/h6-7,9H,5H2,1-4H3/t9-/m0/s1. The molecule has 0 saturated carbocycles. The second-order valence-electron chi connectivity index (χ2n) is 3.98. The number of ether oxygens (including phenoxy) is 1. The van der Waals surface area contributed by atoms with Gasteiger partial charge in [-0.1, -0.05) is 13.8 Å². The topological polar surface area (TPSA) is 38.7 Å². The SMILES string of the molecule is CC(C)OC(=O)C1=N[C@H](C(C)C)SC1. The number of carbonyl (C=O) groups is 1. The highest BCUT2D eigenvalue weighted by atomic mass is 32.2. The second-order valence-corrected chi connectivity index (χ2v) is 5.08. The van der Waals surface area contributed by atoms with Gasteiger partial charge in [-0.3, -0.25) is 4.99 Å². The largest absolute Gasteiger partial charge is 0.458 e. The van der Waals surface area contributed by atoms with Gasteiger partial charge < -0.3 is 4.74 Å². The lowest BCUT2D eigenvalue weighted by molar-refractivity contribution is -0.139. The summed E-state index contributed by atoms with van der Waals surface area (Å²) in [5, 5.41) is 0.227. The van der Waals surface area contributed by atoms with Gasteiger partial charge in [-0.15, -0.1) is 11.8 Å². The number of hydrogen-bond acceptors (Lipinski definition) is 4. The van der Waals surface area contributed by atoms with Crippen LogP contribution >= 0.6 is 11.8 Å². The Hall–Kier alpha value is -0.510. The molecule has 4 heteroatoms. The van der Waals surface area contributed by atoms with Crippen molar-refractivity contribution >= 4 is 23.4 Å². The molecule has 1 rings (SSSR count). The molecule has 0 spiro atoms. The molecule has 0 saturated heterocycles. The van der Waals surface area contributed by atoms with Crippen LogP contribution in [-0.2, 0) is 9.53 Å². The van der Waals surface area contributed by atoms with Crippen molar-refractivity contribution in [3.63, 3.8) is 0 Å². The summed E-state index contributed by atoms with van der Waals surface area (Å²) in [5.41, 5.74) is 0.586. The van der Waals surface area contributed by atoms with Crippen LogP contribution in [0.1, 0.15) is 27.7 Å². The Morgan fingerprint density at radius 3 is 2.57 bits per heavy atom. The average molecular weight is 215 g/mol. The smallest absolute Gasteiger partial charge is 0.353 e. The minimum Gasteiger partial charge on any atom is -0.458 e. The van der Waals surface area contributed by atoms with E-state index in [0.717, 1.165) is 0 Å². The van der Waals surface area contributed by atoms with E-state index in [1.165, 1.54) is 0 Å².